The van der Waals surface area contributed by atoms with Gasteiger partial charge in [-0.15, -0.1) is 0 Å². The zero-order valence-electron chi connectivity index (χ0n) is 14.0. The van der Waals surface area contributed by atoms with Crippen LogP contribution in [0.5, 0.6) is 0 Å². The van der Waals surface area contributed by atoms with Crippen LogP contribution in [0.2, 0.25) is 0 Å². The van der Waals surface area contributed by atoms with Crippen LogP contribution in [0.25, 0.3) is 0 Å². The first-order chi connectivity index (χ1) is 11.2. The van der Waals surface area contributed by atoms with Gasteiger partial charge in [-0.3, -0.25) is 0 Å². The number of rotatable bonds is 7. The smallest absolute Gasteiger partial charge is 0.315 e. The first-order valence-electron chi connectivity index (χ1n) is 8.57. The molecule has 2 amide bonds. The normalized spacial score (nSPS) is 20.0. The van der Waals surface area contributed by atoms with E-state index < -0.39 is 0 Å². The monoisotopic (exact) mass is 319 g/mol. The summed E-state index contributed by atoms with van der Waals surface area (Å²) in [6, 6.07) is 9.75. The van der Waals surface area contributed by atoms with Gasteiger partial charge >= 0.3 is 6.03 Å². The highest BCUT2D eigenvalue weighted by molar-refractivity contribution is 5.74. The van der Waals surface area contributed by atoms with Crippen molar-refractivity contribution < 1.29 is 9.90 Å². The van der Waals surface area contributed by atoms with Crippen molar-refractivity contribution in [3.63, 3.8) is 0 Å². The second-order valence-electron chi connectivity index (χ2n) is 6.45. The fourth-order valence-electron chi connectivity index (χ4n) is 3.19. The molecule has 2 rings (SSSR count). The van der Waals surface area contributed by atoms with Crippen LogP contribution in [-0.4, -0.2) is 49.3 Å². The molecule has 2 unspecified atom stereocenters. The van der Waals surface area contributed by atoms with Gasteiger partial charge in [0.05, 0.1) is 6.04 Å². The third kappa shape index (κ3) is 6.20. The van der Waals surface area contributed by atoms with Gasteiger partial charge in [-0.1, -0.05) is 30.3 Å². The molecule has 0 spiro atoms. The largest absolute Gasteiger partial charge is 0.396 e. The van der Waals surface area contributed by atoms with Crippen molar-refractivity contribution in [2.45, 2.75) is 31.7 Å². The van der Waals surface area contributed by atoms with E-state index in [-0.39, 0.29) is 18.7 Å². The lowest BCUT2D eigenvalue weighted by Crippen LogP contribution is -2.43. The molecular weight excluding hydrogens is 290 g/mol. The Morgan fingerprint density at radius 1 is 1.39 bits per heavy atom. The Morgan fingerprint density at radius 3 is 2.87 bits per heavy atom. The number of aliphatic hydroxyl groups excluding tert-OH is 1. The maximum absolute atomic E-state index is 12.2. The quantitative estimate of drug-likeness (QED) is 0.721. The Balaban J connectivity index is 1.82. The van der Waals surface area contributed by atoms with Crippen molar-refractivity contribution in [3.8, 4) is 0 Å². The second-order valence-corrected chi connectivity index (χ2v) is 6.45. The predicted molar refractivity (Wildman–Crippen MR) is 92.3 cm³/mol. The van der Waals surface area contributed by atoms with Gasteiger partial charge < -0.3 is 20.6 Å². The SMILES string of the molecule is CN1CCCC(CNC(=O)NC(CCCO)c2ccccc2)C1. The van der Waals surface area contributed by atoms with Gasteiger partial charge in [0.2, 0.25) is 0 Å². The standard InChI is InChI=1S/C18H29N3O2/c1-21-11-5-7-15(14-21)13-19-18(23)20-17(10-6-12-22)16-8-3-2-4-9-16/h2-4,8-9,15,17,22H,5-7,10-14H2,1H3,(H2,19,20,23). The highest BCUT2D eigenvalue weighted by Crippen LogP contribution is 2.18. The molecular formula is C18H29N3O2. The van der Waals surface area contributed by atoms with Gasteiger partial charge in [-0.25, -0.2) is 4.79 Å². The number of carbonyl (C=O) groups excluding carboxylic acids is 1. The minimum atomic E-state index is -0.120. The van der Waals surface area contributed by atoms with Crippen LogP contribution in [0.15, 0.2) is 30.3 Å². The van der Waals surface area contributed by atoms with Crippen molar-refractivity contribution in [1.29, 1.82) is 0 Å². The molecule has 1 heterocycles. The van der Waals surface area contributed by atoms with Gasteiger partial charge in [0.15, 0.2) is 0 Å². The lowest BCUT2D eigenvalue weighted by molar-refractivity contribution is 0.200. The first kappa shape index (κ1) is 17.8. The molecule has 1 saturated heterocycles. The molecule has 1 fully saturated rings. The number of likely N-dealkylation sites (tertiary alicyclic amines) is 1. The number of aliphatic hydroxyl groups is 1. The summed E-state index contributed by atoms with van der Waals surface area (Å²) < 4.78 is 0. The summed E-state index contributed by atoms with van der Waals surface area (Å²) in [5, 5.41) is 15.1. The molecule has 5 heteroatoms. The summed E-state index contributed by atoms with van der Waals surface area (Å²) in [5.74, 6) is 0.534. The zero-order valence-corrected chi connectivity index (χ0v) is 14.0. The molecule has 5 nitrogen and oxygen atoms in total. The van der Waals surface area contributed by atoms with E-state index in [0.29, 0.717) is 12.3 Å². The Bertz CT molecular complexity index is 467. The van der Waals surface area contributed by atoms with E-state index in [9.17, 15) is 4.79 Å². The Kier molecular flexibility index (Phi) is 7.36. The van der Waals surface area contributed by atoms with Crippen LogP contribution in [-0.2, 0) is 0 Å². The Hall–Kier alpha value is -1.59. The van der Waals surface area contributed by atoms with Gasteiger partial charge in [-0.2, -0.15) is 0 Å². The van der Waals surface area contributed by atoms with Crippen LogP contribution < -0.4 is 10.6 Å². The van der Waals surface area contributed by atoms with E-state index in [1.165, 1.54) is 12.8 Å². The second kappa shape index (κ2) is 9.53. The van der Waals surface area contributed by atoms with Crippen LogP contribution >= 0.6 is 0 Å². The first-order valence-corrected chi connectivity index (χ1v) is 8.57. The van der Waals surface area contributed by atoms with E-state index in [2.05, 4.69) is 22.6 Å². The summed E-state index contributed by atoms with van der Waals surface area (Å²) in [5.41, 5.74) is 1.08. The molecule has 1 aliphatic heterocycles. The third-order valence-corrected chi connectivity index (χ3v) is 4.43. The summed E-state index contributed by atoms with van der Waals surface area (Å²) in [6.45, 7) is 3.06. The van der Waals surface area contributed by atoms with Crippen molar-refractivity contribution >= 4 is 6.03 Å². The third-order valence-electron chi connectivity index (χ3n) is 4.43. The van der Waals surface area contributed by atoms with E-state index in [4.69, 9.17) is 5.11 Å². The molecule has 0 aromatic heterocycles. The fourth-order valence-corrected chi connectivity index (χ4v) is 3.19. The van der Waals surface area contributed by atoms with Crippen LogP contribution in [0.1, 0.15) is 37.3 Å². The summed E-state index contributed by atoms with van der Waals surface area (Å²) in [6.07, 6.45) is 3.79. The van der Waals surface area contributed by atoms with Crippen molar-refractivity contribution in [1.82, 2.24) is 15.5 Å². The van der Waals surface area contributed by atoms with E-state index in [0.717, 1.165) is 31.6 Å². The number of benzene rings is 1. The maximum Gasteiger partial charge on any atom is 0.315 e. The molecule has 0 radical (unpaired) electrons. The molecule has 2 atom stereocenters. The average molecular weight is 319 g/mol. The molecule has 0 aliphatic carbocycles. The number of urea groups is 1. The molecule has 1 aliphatic rings. The topological polar surface area (TPSA) is 64.6 Å². The van der Waals surface area contributed by atoms with Crippen molar-refractivity contribution in [2.24, 2.45) is 5.92 Å². The van der Waals surface area contributed by atoms with Gasteiger partial charge in [-0.05, 0) is 50.8 Å². The molecule has 128 valence electrons. The van der Waals surface area contributed by atoms with Crippen LogP contribution in [0.4, 0.5) is 4.79 Å². The van der Waals surface area contributed by atoms with Gasteiger partial charge in [0.1, 0.15) is 0 Å². The van der Waals surface area contributed by atoms with E-state index >= 15 is 0 Å². The number of nitrogens with zero attached hydrogens (tertiary/aromatic N) is 1. The number of nitrogens with one attached hydrogen (secondary N) is 2. The maximum atomic E-state index is 12.2. The molecule has 1 aromatic carbocycles. The molecule has 3 N–H and O–H groups in total. The molecule has 0 bridgehead atoms. The molecule has 0 saturated carbocycles. The molecule has 23 heavy (non-hydrogen) atoms. The number of hydrogen-bond acceptors (Lipinski definition) is 3. The van der Waals surface area contributed by atoms with E-state index in [1.54, 1.807) is 0 Å². The van der Waals surface area contributed by atoms with Gasteiger partial charge in [0.25, 0.3) is 0 Å². The lowest BCUT2D eigenvalue weighted by Gasteiger charge is -2.30. The number of piperidine rings is 1. The summed E-state index contributed by atoms with van der Waals surface area (Å²) >= 11 is 0. The number of carbonyl (C=O) groups is 1. The summed E-state index contributed by atoms with van der Waals surface area (Å²) in [7, 11) is 2.13. The van der Waals surface area contributed by atoms with Crippen LogP contribution in [0, 0.1) is 5.92 Å². The Morgan fingerprint density at radius 2 is 2.17 bits per heavy atom. The van der Waals surface area contributed by atoms with Crippen LogP contribution in [0.3, 0.4) is 0 Å². The Labute approximate surface area is 139 Å². The van der Waals surface area contributed by atoms with Crippen molar-refractivity contribution in [2.75, 3.05) is 33.3 Å². The predicted octanol–water partition coefficient (Wildman–Crippen LogP) is 2.14. The number of amides is 2. The lowest BCUT2D eigenvalue weighted by atomic mass is 9.98. The highest BCUT2D eigenvalue weighted by atomic mass is 16.3. The zero-order chi connectivity index (χ0) is 16.5. The van der Waals surface area contributed by atoms with E-state index in [1.807, 2.05) is 30.3 Å². The number of hydrogen-bond donors (Lipinski definition) is 3. The average Bonchev–Trinajstić information content (AvgIpc) is 2.57. The fraction of sp³-hybridized carbons (Fsp3) is 0.611. The molecule has 1 aromatic rings. The van der Waals surface area contributed by atoms with Gasteiger partial charge in [0, 0.05) is 19.7 Å². The summed E-state index contributed by atoms with van der Waals surface area (Å²) in [4.78, 5) is 14.5. The minimum absolute atomic E-state index is 0.0580. The minimum Gasteiger partial charge on any atom is -0.396 e. The van der Waals surface area contributed by atoms with Crippen molar-refractivity contribution in [3.05, 3.63) is 35.9 Å². The highest BCUT2D eigenvalue weighted by Gasteiger charge is 2.19.